The van der Waals surface area contributed by atoms with Crippen molar-refractivity contribution in [2.75, 3.05) is 5.73 Å². The largest absolute Gasteiger partial charge is 0.399 e. The first-order chi connectivity index (χ1) is 7.18. The molecule has 0 aliphatic rings. The predicted octanol–water partition coefficient (Wildman–Crippen LogP) is 3.32. The van der Waals surface area contributed by atoms with Gasteiger partial charge in [-0.3, -0.25) is 4.79 Å². The zero-order valence-corrected chi connectivity index (χ0v) is 10.1. The van der Waals surface area contributed by atoms with Gasteiger partial charge < -0.3 is 5.73 Å². The van der Waals surface area contributed by atoms with E-state index in [1.165, 1.54) is 11.3 Å². The molecule has 15 heavy (non-hydrogen) atoms. The average Bonchev–Trinajstić information content (AvgIpc) is 2.74. The fraction of sp³-hybridized carbons (Fsp3) is 0. The maximum atomic E-state index is 12.0. The predicted molar refractivity (Wildman–Crippen MR) is 66.3 cm³/mol. The fourth-order valence-corrected chi connectivity index (χ4v) is 2.36. The molecule has 0 fully saturated rings. The Morgan fingerprint density at radius 3 is 2.80 bits per heavy atom. The molecule has 0 saturated heterocycles. The molecular formula is C11H8BrNOS. The van der Waals surface area contributed by atoms with E-state index < -0.39 is 0 Å². The average molecular weight is 282 g/mol. The van der Waals surface area contributed by atoms with Crippen LogP contribution in [0.15, 0.2) is 40.2 Å². The van der Waals surface area contributed by atoms with Crippen molar-refractivity contribution in [1.29, 1.82) is 0 Å². The molecule has 0 radical (unpaired) electrons. The molecule has 2 aromatic rings. The molecule has 0 atom stereocenters. The second-order valence-electron chi connectivity index (χ2n) is 3.05. The molecule has 4 heteroatoms. The third-order valence-electron chi connectivity index (χ3n) is 1.98. The van der Waals surface area contributed by atoms with Crippen LogP contribution in [0.2, 0.25) is 0 Å². The maximum absolute atomic E-state index is 12.0. The van der Waals surface area contributed by atoms with Crippen LogP contribution >= 0.6 is 27.3 Å². The fourth-order valence-electron chi connectivity index (χ4n) is 1.26. The van der Waals surface area contributed by atoms with Crippen molar-refractivity contribution in [3.8, 4) is 0 Å². The van der Waals surface area contributed by atoms with Crippen LogP contribution in [-0.2, 0) is 0 Å². The quantitative estimate of drug-likeness (QED) is 0.678. The molecule has 1 heterocycles. The monoisotopic (exact) mass is 281 g/mol. The third-order valence-corrected chi connectivity index (χ3v) is 3.54. The van der Waals surface area contributed by atoms with Crippen molar-refractivity contribution in [1.82, 2.24) is 0 Å². The van der Waals surface area contributed by atoms with Gasteiger partial charge in [-0.2, -0.15) is 0 Å². The van der Waals surface area contributed by atoms with Crippen LogP contribution in [0, 0.1) is 0 Å². The minimum atomic E-state index is 0.00387. The number of thiophene rings is 1. The van der Waals surface area contributed by atoms with E-state index in [1.807, 2.05) is 17.5 Å². The summed E-state index contributed by atoms with van der Waals surface area (Å²) in [6.45, 7) is 0. The summed E-state index contributed by atoms with van der Waals surface area (Å²) in [5, 5.41) is 1.88. The highest BCUT2D eigenvalue weighted by Gasteiger charge is 2.13. The number of nitrogens with two attached hydrogens (primary N) is 1. The molecule has 1 aromatic carbocycles. The minimum Gasteiger partial charge on any atom is -0.399 e. The molecule has 0 unspecified atom stereocenters. The van der Waals surface area contributed by atoms with Gasteiger partial charge in [0.25, 0.3) is 0 Å². The molecular weight excluding hydrogens is 274 g/mol. The van der Waals surface area contributed by atoms with Crippen molar-refractivity contribution >= 4 is 38.7 Å². The molecule has 0 aliphatic heterocycles. The first-order valence-corrected chi connectivity index (χ1v) is 5.99. The number of halogens is 1. The Morgan fingerprint density at radius 2 is 2.13 bits per heavy atom. The molecule has 2 nitrogen and oxygen atoms in total. The number of hydrogen-bond acceptors (Lipinski definition) is 3. The molecule has 2 N–H and O–H groups in total. The highest BCUT2D eigenvalue weighted by molar-refractivity contribution is 9.10. The summed E-state index contributed by atoms with van der Waals surface area (Å²) in [6, 6.07) is 8.90. The van der Waals surface area contributed by atoms with E-state index in [0.29, 0.717) is 11.3 Å². The van der Waals surface area contributed by atoms with Gasteiger partial charge in [0.1, 0.15) is 0 Å². The number of hydrogen-bond donors (Lipinski definition) is 1. The van der Waals surface area contributed by atoms with Gasteiger partial charge in [0.05, 0.1) is 4.88 Å². The highest BCUT2D eigenvalue weighted by Crippen LogP contribution is 2.24. The van der Waals surface area contributed by atoms with Crippen LogP contribution in [0.25, 0.3) is 0 Å². The molecule has 1 aromatic heterocycles. The van der Waals surface area contributed by atoms with Gasteiger partial charge in [0.15, 0.2) is 0 Å². The molecule has 2 rings (SSSR count). The molecule has 0 aliphatic carbocycles. The Morgan fingerprint density at radius 1 is 1.33 bits per heavy atom. The van der Waals surface area contributed by atoms with Gasteiger partial charge in [-0.1, -0.05) is 22.0 Å². The second-order valence-corrected chi connectivity index (χ2v) is 4.85. The van der Waals surface area contributed by atoms with Crippen LogP contribution in [0.1, 0.15) is 15.2 Å². The number of nitrogen functional groups attached to an aromatic ring is 1. The van der Waals surface area contributed by atoms with Crippen molar-refractivity contribution in [3.05, 3.63) is 50.6 Å². The summed E-state index contributed by atoms with van der Waals surface area (Å²) in [5.74, 6) is 0.00387. The minimum absolute atomic E-state index is 0.00387. The zero-order chi connectivity index (χ0) is 10.8. The van der Waals surface area contributed by atoms with Crippen molar-refractivity contribution in [2.45, 2.75) is 0 Å². The van der Waals surface area contributed by atoms with Gasteiger partial charge in [0, 0.05) is 15.7 Å². The first-order valence-electron chi connectivity index (χ1n) is 4.31. The maximum Gasteiger partial charge on any atom is 0.204 e. The summed E-state index contributed by atoms with van der Waals surface area (Å²) >= 11 is 4.77. The summed E-state index contributed by atoms with van der Waals surface area (Å²) in [4.78, 5) is 12.7. The standard InChI is InChI=1S/C11H8BrNOS/c12-9-4-3-7(13)6-8(9)11(14)10-2-1-5-15-10/h1-6H,13H2. The van der Waals surface area contributed by atoms with Crippen LogP contribution in [0.3, 0.4) is 0 Å². The van der Waals surface area contributed by atoms with E-state index in [-0.39, 0.29) is 5.78 Å². The summed E-state index contributed by atoms with van der Waals surface area (Å²) in [5.41, 5.74) is 6.85. The van der Waals surface area contributed by atoms with Crippen LogP contribution in [0.4, 0.5) is 5.69 Å². The molecule has 76 valence electrons. The summed E-state index contributed by atoms with van der Waals surface area (Å²) < 4.78 is 0.773. The Labute approximate surface area is 99.9 Å². The number of benzene rings is 1. The van der Waals surface area contributed by atoms with E-state index >= 15 is 0 Å². The first kappa shape index (κ1) is 10.4. The zero-order valence-electron chi connectivity index (χ0n) is 7.74. The number of carbonyl (C=O) groups is 1. The van der Waals surface area contributed by atoms with Gasteiger partial charge >= 0.3 is 0 Å². The van der Waals surface area contributed by atoms with Gasteiger partial charge in [-0.25, -0.2) is 0 Å². The molecule has 0 spiro atoms. The van der Waals surface area contributed by atoms with E-state index in [1.54, 1.807) is 18.2 Å². The molecule has 0 amide bonds. The number of rotatable bonds is 2. The Bertz CT molecular complexity index is 493. The number of ketones is 1. The Balaban J connectivity index is 2.46. The van der Waals surface area contributed by atoms with Crippen LogP contribution in [0.5, 0.6) is 0 Å². The normalized spacial score (nSPS) is 10.2. The smallest absolute Gasteiger partial charge is 0.204 e. The molecule has 0 bridgehead atoms. The van der Waals surface area contributed by atoms with Crippen LogP contribution in [-0.4, -0.2) is 5.78 Å². The lowest BCUT2D eigenvalue weighted by molar-refractivity contribution is 0.104. The summed E-state index contributed by atoms with van der Waals surface area (Å²) in [6.07, 6.45) is 0. The molecule has 0 saturated carbocycles. The Kier molecular flexibility index (Phi) is 2.88. The van der Waals surface area contributed by atoms with Gasteiger partial charge in [0.2, 0.25) is 5.78 Å². The second kappa shape index (κ2) is 4.16. The number of carbonyl (C=O) groups excluding carboxylic acids is 1. The van der Waals surface area contributed by atoms with Crippen LogP contribution < -0.4 is 5.73 Å². The Hall–Kier alpha value is -1.13. The van der Waals surface area contributed by atoms with E-state index in [0.717, 1.165) is 9.35 Å². The lowest BCUT2D eigenvalue weighted by atomic mass is 10.1. The summed E-state index contributed by atoms with van der Waals surface area (Å²) in [7, 11) is 0. The van der Waals surface area contributed by atoms with Crippen molar-refractivity contribution in [2.24, 2.45) is 0 Å². The lowest BCUT2D eigenvalue weighted by Gasteiger charge is -2.02. The van der Waals surface area contributed by atoms with Crippen molar-refractivity contribution in [3.63, 3.8) is 0 Å². The van der Waals surface area contributed by atoms with E-state index in [4.69, 9.17) is 5.73 Å². The lowest BCUT2D eigenvalue weighted by Crippen LogP contribution is -2.01. The van der Waals surface area contributed by atoms with Gasteiger partial charge in [-0.05, 0) is 29.6 Å². The third kappa shape index (κ3) is 2.11. The van der Waals surface area contributed by atoms with E-state index in [9.17, 15) is 4.79 Å². The topological polar surface area (TPSA) is 43.1 Å². The SMILES string of the molecule is Nc1ccc(Br)c(C(=O)c2cccs2)c1. The van der Waals surface area contributed by atoms with Gasteiger partial charge in [-0.15, -0.1) is 11.3 Å². The highest BCUT2D eigenvalue weighted by atomic mass is 79.9. The number of anilines is 1. The van der Waals surface area contributed by atoms with Crippen molar-refractivity contribution < 1.29 is 4.79 Å². The van der Waals surface area contributed by atoms with E-state index in [2.05, 4.69) is 15.9 Å².